The van der Waals surface area contributed by atoms with E-state index in [2.05, 4.69) is 10.6 Å². The first kappa shape index (κ1) is 15.5. The summed E-state index contributed by atoms with van der Waals surface area (Å²) in [7, 11) is 0. The van der Waals surface area contributed by atoms with Crippen LogP contribution in [0.25, 0.3) is 0 Å². The number of halogens is 1. The number of carbonyl (C=O) groups excluding carboxylic acids is 2. The van der Waals surface area contributed by atoms with Crippen molar-refractivity contribution in [3.8, 4) is 0 Å². The molecule has 0 atom stereocenters. The van der Waals surface area contributed by atoms with Crippen LogP contribution in [-0.2, 0) is 9.59 Å². The summed E-state index contributed by atoms with van der Waals surface area (Å²) in [6, 6.07) is 5.45. The van der Waals surface area contributed by atoms with Crippen LogP contribution in [0.15, 0.2) is 18.2 Å². The van der Waals surface area contributed by atoms with Crippen molar-refractivity contribution in [2.45, 2.75) is 33.1 Å². The van der Waals surface area contributed by atoms with E-state index in [-0.39, 0.29) is 11.8 Å². The highest BCUT2D eigenvalue weighted by Crippen LogP contribution is 2.20. The Morgan fingerprint density at radius 3 is 2.58 bits per heavy atom. The maximum atomic E-state index is 11.7. The van der Waals surface area contributed by atoms with Crippen LogP contribution in [0.3, 0.4) is 0 Å². The predicted octanol–water partition coefficient (Wildman–Crippen LogP) is 3.30. The van der Waals surface area contributed by atoms with E-state index in [0.717, 1.165) is 5.56 Å². The Labute approximate surface area is 118 Å². The van der Waals surface area contributed by atoms with Crippen molar-refractivity contribution in [1.29, 1.82) is 0 Å². The number of aryl methyl sites for hydroxylation is 1. The van der Waals surface area contributed by atoms with Gasteiger partial charge in [0.05, 0.1) is 0 Å². The van der Waals surface area contributed by atoms with Gasteiger partial charge in [-0.2, -0.15) is 0 Å². The average molecular weight is 283 g/mol. The maximum Gasteiger partial charge on any atom is 0.224 e. The molecule has 2 amide bonds. The summed E-state index contributed by atoms with van der Waals surface area (Å²) >= 11 is 5.55. The Balaban J connectivity index is 2.74. The van der Waals surface area contributed by atoms with Crippen molar-refractivity contribution in [3.05, 3.63) is 23.8 Å². The normalized spacial score (nSPS) is 10.1. The van der Waals surface area contributed by atoms with Gasteiger partial charge in [-0.15, -0.1) is 11.6 Å². The molecule has 19 heavy (non-hydrogen) atoms. The van der Waals surface area contributed by atoms with Crippen LogP contribution < -0.4 is 10.6 Å². The Hall–Kier alpha value is -1.55. The molecule has 0 aromatic heterocycles. The number of alkyl halides is 1. The molecule has 0 bridgehead atoms. The number of hydrogen-bond donors (Lipinski definition) is 2. The predicted molar refractivity (Wildman–Crippen MR) is 78.7 cm³/mol. The first-order valence-electron chi connectivity index (χ1n) is 6.33. The number of nitrogens with one attached hydrogen (secondary N) is 2. The van der Waals surface area contributed by atoms with Gasteiger partial charge >= 0.3 is 0 Å². The second-order valence-corrected chi connectivity index (χ2v) is 4.65. The lowest BCUT2D eigenvalue weighted by atomic mass is 10.1. The van der Waals surface area contributed by atoms with Gasteiger partial charge in [-0.25, -0.2) is 0 Å². The first-order valence-corrected chi connectivity index (χ1v) is 6.86. The molecule has 0 unspecified atom stereocenters. The summed E-state index contributed by atoms with van der Waals surface area (Å²) in [5.41, 5.74) is 2.35. The lowest BCUT2D eigenvalue weighted by Gasteiger charge is -2.11. The van der Waals surface area contributed by atoms with Crippen molar-refractivity contribution in [3.63, 3.8) is 0 Å². The molecular formula is C14H19ClN2O2. The van der Waals surface area contributed by atoms with Crippen molar-refractivity contribution in [1.82, 2.24) is 0 Å². The van der Waals surface area contributed by atoms with Crippen LogP contribution in [0.1, 0.15) is 31.7 Å². The molecule has 0 heterocycles. The zero-order chi connectivity index (χ0) is 14.3. The number of anilines is 2. The summed E-state index contributed by atoms with van der Waals surface area (Å²) in [6.45, 7) is 3.70. The molecule has 1 rings (SSSR count). The van der Waals surface area contributed by atoms with Gasteiger partial charge in [0.1, 0.15) is 0 Å². The molecule has 0 spiro atoms. The quantitative estimate of drug-likeness (QED) is 0.787. The van der Waals surface area contributed by atoms with Crippen LogP contribution in [0.5, 0.6) is 0 Å². The van der Waals surface area contributed by atoms with Crippen molar-refractivity contribution >= 4 is 34.8 Å². The standard InChI is InChI=1S/C14H19ClN2O2/c1-3-13(18)16-11-7-6-10(2)12(9-11)17-14(19)5-4-8-15/h6-7,9H,3-5,8H2,1-2H3,(H,16,18)(H,17,19). The van der Waals surface area contributed by atoms with E-state index in [1.165, 1.54) is 0 Å². The van der Waals surface area contributed by atoms with Crippen LogP contribution >= 0.6 is 11.6 Å². The van der Waals surface area contributed by atoms with E-state index in [1.807, 2.05) is 19.1 Å². The molecule has 4 nitrogen and oxygen atoms in total. The fourth-order valence-electron chi connectivity index (χ4n) is 1.52. The van der Waals surface area contributed by atoms with Crippen molar-refractivity contribution in [2.75, 3.05) is 16.5 Å². The summed E-state index contributed by atoms with van der Waals surface area (Å²) in [5.74, 6) is 0.352. The molecule has 0 aliphatic rings. The Morgan fingerprint density at radius 2 is 1.95 bits per heavy atom. The maximum absolute atomic E-state index is 11.7. The highest BCUT2D eigenvalue weighted by atomic mass is 35.5. The zero-order valence-electron chi connectivity index (χ0n) is 11.3. The van der Waals surface area contributed by atoms with Crippen LogP contribution in [0.2, 0.25) is 0 Å². The molecule has 0 saturated heterocycles. The molecule has 0 aliphatic heterocycles. The van der Waals surface area contributed by atoms with Gasteiger partial charge in [0.25, 0.3) is 0 Å². The SMILES string of the molecule is CCC(=O)Nc1ccc(C)c(NC(=O)CCCCl)c1. The molecule has 0 fully saturated rings. The molecular weight excluding hydrogens is 264 g/mol. The Bertz CT molecular complexity index is 461. The van der Waals surface area contributed by atoms with Crippen LogP contribution in [0.4, 0.5) is 11.4 Å². The minimum absolute atomic E-state index is 0.0525. The lowest BCUT2D eigenvalue weighted by Crippen LogP contribution is -2.13. The van der Waals surface area contributed by atoms with E-state index >= 15 is 0 Å². The van der Waals surface area contributed by atoms with Gasteiger partial charge in [0.2, 0.25) is 11.8 Å². The summed E-state index contributed by atoms with van der Waals surface area (Å²) in [4.78, 5) is 23.0. The molecule has 104 valence electrons. The zero-order valence-corrected chi connectivity index (χ0v) is 12.0. The number of carbonyl (C=O) groups is 2. The molecule has 0 saturated carbocycles. The van der Waals surface area contributed by atoms with Gasteiger partial charge in [-0.1, -0.05) is 13.0 Å². The van der Waals surface area contributed by atoms with Crippen LogP contribution in [-0.4, -0.2) is 17.7 Å². The largest absolute Gasteiger partial charge is 0.326 e. The van der Waals surface area contributed by atoms with E-state index in [1.54, 1.807) is 13.0 Å². The summed E-state index contributed by atoms with van der Waals surface area (Å²) in [5, 5.41) is 5.59. The lowest BCUT2D eigenvalue weighted by molar-refractivity contribution is -0.116. The highest BCUT2D eigenvalue weighted by Gasteiger charge is 2.06. The molecule has 1 aromatic carbocycles. The second-order valence-electron chi connectivity index (χ2n) is 4.27. The van der Waals surface area contributed by atoms with Gasteiger partial charge in [0.15, 0.2) is 0 Å². The third-order valence-corrected chi connectivity index (χ3v) is 2.92. The number of hydrogen-bond acceptors (Lipinski definition) is 2. The second kappa shape index (κ2) is 7.79. The summed E-state index contributed by atoms with van der Waals surface area (Å²) in [6.07, 6.45) is 1.47. The minimum Gasteiger partial charge on any atom is -0.326 e. The monoisotopic (exact) mass is 282 g/mol. The molecule has 1 aromatic rings. The third kappa shape index (κ3) is 5.30. The van der Waals surface area contributed by atoms with E-state index < -0.39 is 0 Å². The fourth-order valence-corrected chi connectivity index (χ4v) is 1.66. The topological polar surface area (TPSA) is 58.2 Å². The smallest absolute Gasteiger partial charge is 0.224 e. The fraction of sp³-hybridized carbons (Fsp3) is 0.429. The van der Waals surface area contributed by atoms with Gasteiger partial charge in [-0.05, 0) is 31.0 Å². The number of benzene rings is 1. The Morgan fingerprint density at radius 1 is 1.21 bits per heavy atom. The van der Waals surface area contributed by atoms with Gasteiger partial charge in [-0.3, -0.25) is 9.59 Å². The molecule has 5 heteroatoms. The van der Waals surface area contributed by atoms with Crippen LogP contribution in [0, 0.1) is 6.92 Å². The molecule has 0 radical (unpaired) electrons. The van der Waals surface area contributed by atoms with Crippen molar-refractivity contribution < 1.29 is 9.59 Å². The highest BCUT2D eigenvalue weighted by molar-refractivity contribution is 6.18. The van der Waals surface area contributed by atoms with E-state index in [9.17, 15) is 9.59 Å². The molecule has 0 aliphatic carbocycles. The third-order valence-electron chi connectivity index (χ3n) is 2.65. The Kier molecular flexibility index (Phi) is 6.36. The molecule has 2 N–H and O–H groups in total. The van der Waals surface area contributed by atoms with Gasteiger partial charge < -0.3 is 10.6 Å². The van der Waals surface area contributed by atoms with Crippen molar-refractivity contribution in [2.24, 2.45) is 0 Å². The van der Waals surface area contributed by atoms with Gasteiger partial charge in [0, 0.05) is 30.1 Å². The summed E-state index contributed by atoms with van der Waals surface area (Å²) < 4.78 is 0. The average Bonchev–Trinajstić information content (AvgIpc) is 2.40. The minimum atomic E-state index is -0.0669. The number of rotatable bonds is 6. The number of amides is 2. The van der Waals surface area contributed by atoms with E-state index in [4.69, 9.17) is 11.6 Å². The van der Waals surface area contributed by atoms with E-state index in [0.29, 0.717) is 36.5 Å². The first-order chi connectivity index (χ1) is 9.06.